The number of phenolic OH excluding ortho intramolecular Hbond substituents is 1. The lowest BCUT2D eigenvalue weighted by Gasteiger charge is -2.26. The van der Waals surface area contributed by atoms with Crippen molar-refractivity contribution in [2.45, 2.75) is 17.4 Å². The molecular formula is C16H13ClFNO2S. The highest BCUT2D eigenvalue weighted by Gasteiger charge is 2.23. The molecule has 3 rings (SSSR count). The number of hydrogen-bond donors (Lipinski definition) is 2. The first-order valence-electron chi connectivity index (χ1n) is 6.76. The molecule has 0 aromatic heterocycles. The van der Waals surface area contributed by atoms with E-state index in [4.69, 9.17) is 11.6 Å². The third-order valence-corrected chi connectivity index (χ3v) is 4.95. The van der Waals surface area contributed by atoms with Gasteiger partial charge in [0, 0.05) is 16.2 Å². The molecule has 1 atom stereocenters. The van der Waals surface area contributed by atoms with Crippen molar-refractivity contribution in [3.05, 3.63) is 58.4 Å². The van der Waals surface area contributed by atoms with Gasteiger partial charge in [-0.2, -0.15) is 0 Å². The van der Waals surface area contributed by atoms with Gasteiger partial charge in [0.2, 0.25) is 0 Å². The highest BCUT2D eigenvalue weighted by Crippen LogP contribution is 2.36. The van der Waals surface area contributed by atoms with Crippen molar-refractivity contribution in [2.75, 3.05) is 5.75 Å². The number of phenols is 1. The number of hydrogen-bond acceptors (Lipinski definition) is 3. The van der Waals surface area contributed by atoms with E-state index in [-0.39, 0.29) is 28.5 Å². The Hall–Kier alpha value is -1.72. The number of carbonyl (C=O) groups excluding carboxylic acids is 1. The predicted octanol–water partition coefficient (Wildman–Crippen LogP) is 4.15. The van der Waals surface area contributed by atoms with Gasteiger partial charge in [0.15, 0.2) is 0 Å². The fourth-order valence-corrected chi connectivity index (χ4v) is 3.69. The third-order valence-electron chi connectivity index (χ3n) is 3.53. The van der Waals surface area contributed by atoms with Crippen molar-refractivity contribution in [3.63, 3.8) is 0 Å². The zero-order valence-corrected chi connectivity index (χ0v) is 13.0. The number of benzene rings is 2. The molecule has 1 aliphatic heterocycles. The topological polar surface area (TPSA) is 49.3 Å². The molecule has 114 valence electrons. The summed E-state index contributed by atoms with van der Waals surface area (Å²) in [7, 11) is 0. The van der Waals surface area contributed by atoms with Crippen LogP contribution < -0.4 is 5.32 Å². The molecule has 0 saturated carbocycles. The number of thioether (sulfide) groups is 1. The van der Waals surface area contributed by atoms with E-state index < -0.39 is 0 Å². The highest BCUT2D eigenvalue weighted by molar-refractivity contribution is 7.99. The van der Waals surface area contributed by atoms with Gasteiger partial charge in [-0.05, 0) is 48.4 Å². The van der Waals surface area contributed by atoms with Gasteiger partial charge in [0.05, 0.1) is 11.1 Å². The van der Waals surface area contributed by atoms with Crippen LogP contribution >= 0.6 is 23.4 Å². The molecule has 0 saturated heterocycles. The van der Waals surface area contributed by atoms with Crippen LogP contribution in [0.1, 0.15) is 28.4 Å². The van der Waals surface area contributed by atoms with Gasteiger partial charge in [0.25, 0.3) is 5.91 Å². The summed E-state index contributed by atoms with van der Waals surface area (Å²) in [6, 6.07) is 8.70. The molecule has 0 unspecified atom stereocenters. The largest absolute Gasteiger partial charge is 0.506 e. The van der Waals surface area contributed by atoms with Crippen molar-refractivity contribution >= 4 is 29.3 Å². The summed E-state index contributed by atoms with van der Waals surface area (Å²) >= 11 is 7.48. The number of fused-ring (bicyclic) bond motifs is 1. The maximum Gasteiger partial charge on any atom is 0.251 e. The van der Waals surface area contributed by atoms with E-state index in [9.17, 15) is 14.3 Å². The molecule has 2 aromatic rings. The number of nitrogens with one attached hydrogen (secondary N) is 1. The molecule has 1 amide bonds. The number of halogens is 2. The summed E-state index contributed by atoms with van der Waals surface area (Å²) in [6.07, 6.45) is 0.735. The summed E-state index contributed by atoms with van der Waals surface area (Å²) in [5.41, 5.74) is 1.16. The van der Waals surface area contributed by atoms with Gasteiger partial charge in [-0.15, -0.1) is 11.8 Å². The van der Waals surface area contributed by atoms with Crippen LogP contribution in [0.25, 0.3) is 0 Å². The van der Waals surface area contributed by atoms with Crippen LogP contribution in [-0.4, -0.2) is 16.8 Å². The zero-order valence-electron chi connectivity index (χ0n) is 11.5. The SMILES string of the molecule is O=C(N[C@H]1CCSc2ccc(F)cc21)c1ccc(O)c(Cl)c1. The van der Waals surface area contributed by atoms with Crippen molar-refractivity contribution in [1.29, 1.82) is 0 Å². The molecule has 3 nitrogen and oxygen atoms in total. The average Bonchev–Trinajstić information content (AvgIpc) is 2.50. The first kappa shape index (κ1) is 15.2. The van der Waals surface area contributed by atoms with Crippen LogP contribution in [0.4, 0.5) is 4.39 Å². The Morgan fingerprint density at radius 3 is 2.91 bits per heavy atom. The van der Waals surface area contributed by atoms with Gasteiger partial charge >= 0.3 is 0 Å². The Bertz CT molecular complexity index is 738. The van der Waals surface area contributed by atoms with Gasteiger partial charge in [0.1, 0.15) is 11.6 Å². The lowest BCUT2D eigenvalue weighted by atomic mass is 10.0. The molecular weight excluding hydrogens is 325 g/mol. The summed E-state index contributed by atoms with van der Waals surface area (Å²) in [4.78, 5) is 13.3. The van der Waals surface area contributed by atoms with Crippen LogP contribution in [0.3, 0.4) is 0 Å². The summed E-state index contributed by atoms with van der Waals surface area (Å²) < 4.78 is 13.5. The Balaban J connectivity index is 1.83. The van der Waals surface area contributed by atoms with E-state index in [1.165, 1.54) is 30.3 Å². The molecule has 22 heavy (non-hydrogen) atoms. The van der Waals surface area contributed by atoms with Crippen molar-refractivity contribution < 1.29 is 14.3 Å². The lowest BCUT2D eigenvalue weighted by molar-refractivity contribution is 0.0935. The Morgan fingerprint density at radius 2 is 2.14 bits per heavy atom. The number of carbonyl (C=O) groups is 1. The van der Waals surface area contributed by atoms with Crippen molar-refractivity contribution in [1.82, 2.24) is 5.32 Å². The minimum absolute atomic E-state index is 0.0697. The highest BCUT2D eigenvalue weighted by atomic mass is 35.5. The van der Waals surface area contributed by atoms with E-state index in [2.05, 4.69) is 5.32 Å². The standard InChI is InChI=1S/C16H13ClFNO2S/c17-12-7-9(1-3-14(12)20)16(21)19-13-5-6-22-15-4-2-10(18)8-11(13)15/h1-4,7-8,13,20H,5-6H2,(H,19,21)/t13-/m0/s1. The van der Waals surface area contributed by atoms with Crippen LogP contribution in [0.15, 0.2) is 41.3 Å². The zero-order chi connectivity index (χ0) is 15.7. The lowest BCUT2D eigenvalue weighted by Crippen LogP contribution is -2.30. The Kier molecular flexibility index (Phi) is 4.27. The van der Waals surface area contributed by atoms with E-state index in [0.717, 1.165) is 22.6 Å². The Labute approximate surface area is 136 Å². The number of rotatable bonds is 2. The molecule has 1 heterocycles. The maximum atomic E-state index is 13.5. The van der Waals surface area contributed by atoms with E-state index in [1.54, 1.807) is 17.8 Å². The Morgan fingerprint density at radius 1 is 1.32 bits per heavy atom. The van der Waals surface area contributed by atoms with Gasteiger partial charge in [-0.1, -0.05) is 11.6 Å². The average molecular weight is 338 g/mol. The second kappa shape index (κ2) is 6.18. The van der Waals surface area contributed by atoms with Gasteiger partial charge in [-0.3, -0.25) is 4.79 Å². The molecule has 0 bridgehead atoms. The summed E-state index contributed by atoms with van der Waals surface area (Å²) in [5, 5.41) is 12.4. The molecule has 0 radical (unpaired) electrons. The predicted molar refractivity (Wildman–Crippen MR) is 85.1 cm³/mol. The molecule has 0 aliphatic carbocycles. The molecule has 0 fully saturated rings. The molecule has 0 spiro atoms. The van der Waals surface area contributed by atoms with Gasteiger partial charge < -0.3 is 10.4 Å². The van der Waals surface area contributed by atoms with Crippen LogP contribution in [-0.2, 0) is 0 Å². The summed E-state index contributed by atoms with van der Waals surface area (Å²) in [6.45, 7) is 0. The monoisotopic (exact) mass is 337 g/mol. The van der Waals surface area contributed by atoms with E-state index in [0.29, 0.717) is 5.56 Å². The van der Waals surface area contributed by atoms with Crippen LogP contribution in [0.2, 0.25) is 5.02 Å². The fraction of sp³-hybridized carbons (Fsp3) is 0.188. The fourth-order valence-electron chi connectivity index (χ4n) is 2.40. The van der Waals surface area contributed by atoms with Crippen molar-refractivity contribution in [3.8, 4) is 5.75 Å². The smallest absolute Gasteiger partial charge is 0.251 e. The first-order valence-corrected chi connectivity index (χ1v) is 8.12. The summed E-state index contributed by atoms with van der Waals surface area (Å²) in [5.74, 6) is 0.182. The van der Waals surface area contributed by atoms with Crippen molar-refractivity contribution in [2.24, 2.45) is 0 Å². The third kappa shape index (κ3) is 3.05. The van der Waals surface area contributed by atoms with Crippen LogP contribution in [0.5, 0.6) is 5.75 Å². The quantitative estimate of drug-likeness (QED) is 0.865. The van der Waals surface area contributed by atoms with Crippen LogP contribution in [0, 0.1) is 5.82 Å². The normalized spacial score (nSPS) is 16.9. The van der Waals surface area contributed by atoms with E-state index >= 15 is 0 Å². The molecule has 2 aromatic carbocycles. The number of aromatic hydroxyl groups is 1. The second-order valence-corrected chi connectivity index (χ2v) is 6.56. The molecule has 2 N–H and O–H groups in total. The number of amides is 1. The second-order valence-electron chi connectivity index (χ2n) is 5.01. The maximum absolute atomic E-state index is 13.5. The first-order chi connectivity index (χ1) is 10.5. The minimum Gasteiger partial charge on any atom is -0.506 e. The van der Waals surface area contributed by atoms with Gasteiger partial charge in [-0.25, -0.2) is 4.39 Å². The molecule has 1 aliphatic rings. The minimum atomic E-state index is -0.312. The molecule has 6 heteroatoms. The van der Waals surface area contributed by atoms with E-state index in [1.807, 2.05) is 0 Å².